The zero-order chi connectivity index (χ0) is 13.2. The average Bonchev–Trinajstić information content (AvgIpc) is 2.37. The molecule has 0 fully saturated rings. The Morgan fingerprint density at radius 3 is 2.11 bits per heavy atom. The van der Waals surface area contributed by atoms with Gasteiger partial charge in [-0.15, -0.1) is 0 Å². The minimum absolute atomic E-state index is 0.412. The van der Waals surface area contributed by atoms with Crippen molar-refractivity contribution < 1.29 is 5.11 Å². The van der Waals surface area contributed by atoms with E-state index in [4.69, 9.17) is 0 Å². The van der Waals surface area contributed by atoms with Crippen molar-refractivity contribution in [3.8, 4) is 5.75 Å². The van der Waals surface area contributed by atoms with Crippen LogP contribution in [0.4, 0.5) is 0 Å². The molecule has 0 radical (unpaired) electrons. The third kappa shape index (κ3) is 6.09. The zero-order valence-corrected chi connectivity index (χ0v) is 12.0. The minimum atomic E-state index is 0.412. The second-order valence-corrected chi connectivity index (χ2v) is 5.35. The summed E-state index contributed by atoms with van der Waals surface area (Å²) in [5.74, 6) is 0.412. The van der Waals surface area contributed by atoms with Crippen molar-refractivity contribution in [3.05, 3.63) is 29.3 Å². The van der Waals surface area contributed by atoms with E-state index in [0.717, 1.165) is 12.0 Å². The summed E-state index contributed by atoms with van der Waals surface area (Å²) in [6.45, 7) is 4.23. The molecule has 0 amide bonds. The van der Waals surface area contributed by atoms with Crippen molar-refractivity contribution in [2.24, 2.45) is 0 Å². The Morgan fingerprint density at radius 1 is 0.889 bits per heavy atom. The maximum atomic E-state index is 9.46. The maximum absolute atomic E-state index is 9.46. The van der Waals surface area contributed by atoms with Crippen molar-refractivity contribution >= 4 is 0 Å². The first-order valence-electron chi connectivity index (χ1n) is 7.52. The Kier molecular flexibility index (Phi) is 7.55. The van der Waals surface area contributed by atoms with Gasteiger partial charge in [0.05, 0.1) is 0 Å². The third-order valence-corrected chi connectivity index (χ3v) is 3.58. The van der Waals surface area contributed by atoms with Gasteiger partial charge in [-0.25, -0.2) is 0 Å². The summed E-state index contributed by atoms with van der Waals surface area (Å²) >= 11 is 0. The van der Waals surface area contributed by atoms with Gasteiger partial charge in [0.1, 0.15) is 5.75 Å². The molecule has 0 spiro atoms. The quantitative estimate of drug-likeness (QED) is 0.581. The Hall–Kier alpha value is -0.980. The molecule has 0 bridgehead atoms. The highest BCUT2D eigenvalue weighted by atomic mass is 16.3. The highest BCUT2D eigenvalue weighted by Gasteiger charge is 1.98. The third-order valence-electron chi connectivity index (χ3n) is 3.58. The maximum Gasteiger partial charge on any atom is 0.118 e. The summed E-state index contributed by atoms with van der Waals surface area (Å²) < 4.78 is 0. The van der Waals surface area contributed by atoms with Crippen LogP contribution in [0, 0.1) is 6.92 Å². The van der Waals surface area contributed by atoms with Gasteiger partial charge >= 0.3 is 0 Å². The lowest BCUT2D eigenvalue weighted by Gasteiger charge is -2.05. The summed E-state index contributed by atoms with van der Waals surface area (Å²) in [5, 5.41) is 9.46. The number of rotatable bonds is 9. The van der Waals surface area contributed by atoms with E-state index in [1.165, 1.54) is 56.9 Å². The molecule has 0 aliphatic heterocycles. The molecule has 1 aromatic rings. The fourth-order valence-corrected chi connectivity index (χ4v) is 2.34. The number of phenolic OH excluding ortho intramolecular Hbond substituents is 1. The molecule has 1 aromatic carbocycles. The number of hydrogen-bond acceptors (Lipinski definition) is 1. The van der Waals surface area contributed by atoms with Crippen molar-refractivity contribution in [1.82, 2.24) is 0 Å². The van der Waals surface area contributed by atoms with Crippen LogP contribution in [0.1, 0.15) is 69.4 Å². The predicted octanol–water partition coefficient (Wildman–Crippen LogP) is 5.38. The monoisotopic (exact) mass is 248 g/mol. The Balaban J connectivity index is 2.05. The molecule has 0 heterocycles. The van der Waals surface area contributed by atoms with E-state index >= 15 is 0 Å². The molecule has 1 nitrogen and oxygen atoms in total. The minimum Gasteiger partial charge on any atom is -0.508 e. The fraction of sp³-hybridized carbons (Fsp3) is 0.647. The number of unbranched alkanes of at least 4 members (excludes halogenated alkanes) is 7. The van der Waals surface area contributed by atoms with Crippen LogP contribution in [0.5, 0.6) is 5.75 Å². The van der Waals surface area contributed by atoms with E-state index in [0.29, 0.717) is 5.75 Å². The number of aromatic hydroxyl groups is 1. The molecule has 0 aliphatic rings. The fourth-order valence-electron chi connectivity index (χ4n) is 2.34. The lowest BCUT2D eigenvalue weighted by Crippen LogP contribution is -1.88. The smallest absolute Gasteiger partial charge is 0.118 e. The van der Waals surface area contributed by atoms with Crippen molar-refractivity contribution in [2.45, 2.75) is 71.6 Å². The Morgan fingerprint density at radius 2 is 1.50 bits per heavy atom. The standard InChI is InChI=1S/C17H28O/c1-3-4-5-6-7-8-9-10-11-16-12-13-17(18)15(2)14-16/h12-14,18H,3-11H2,1-2H3. The van der Waals surface area contributed by atoms with Gasteiger partial charge in [-0.1, -0.05) is 64.0 Å². The summed E-state index contributed by atoms with van der Waals surface area (Å²) in [5.41, 5.74) is 2.35. The van der Waals surface area contributed by atoms with Crippen molar-refractivity contribution in [1.29, 1.82) is 0 Å². The molecular formula is C17H28O. The van der Waals surface area contributed by atoms with Gasteiger partial charge < -0.3 is 5.11 Å². The molecule has 1 rings (SSSR count). The van der Waals surface area contributed by atoms with Gasteiger partial charge in [0.25, 0.3) is 0 Å². The van der Waals surface area contributed by atoms with Crippen molar-refractivity contribution in [2.75, 3.05) is 0 Å². The molecule has 0 saturated heterocycles. The van der Waals surface area contributed by atoms with Gasteiger partial charge in [0.15, 0.2) is 0 Å². The van der Waals surface area contributed by atoms with Crippen LogP contribution in [-0.4, -0.2) is 5.11 Å². The van der Waals surface area contributed by atoms with Gasteiger partial charge in [-0.2, -0.15) is 0 Å². The molecule has 18 heavy (non-hydrogen) atoms. The SMILES string of the molecule is CCCCCCCCCCc1ccc(O)c(C)c1. The lowest BCUT2D eigenvalue weighted by molar-refractivity contribution is 0.470. The molecule has 0 atom stereocenters. The average molecular weight is 248 g/mol. The van der Waals surface area contributed by atoms with E-state index in [1.54, 1.807) is 0 Å². The van der Waals surface area contributed by atoms with E-state index in [-0.39, 0.29) is 0 Å². The van der Waals surface area contributed by atoms with E-state index in [2.05, 4.69) is 13.0 Å². The summed E-state index contributed by atoms with van der Waals surface area (Å²) in [7, 11) is 0. The highest BCUT2D eigenvalue weighted by Crippen LogP contribution is 2.18. The van der Waals surface area contributed by atoms with E-state index in [9.17, 15) is 5.11 Å². The molecule has 0 unspecified atom stereocenters. The van der Waals surface area contributed by atoms with E-state index in [1.807, 2.05) is 19.1 Å². The van der Waals surface area contributed by atoms with Crippen LogP contribution in [0.25, 0.3) is 0 Å². The number of benzene rings is 1. The first-order valence-corrected chi connectivity index (χ1v) is 7.52. The van der Waals surface area contributed by atoms with Crippen LogP contribution >= 0.6 is 0 Å². The molecule has 1 heteroatoms. The van der Waals surface area contributed by atoms with Crippen LogP contribution in [0.2, 0.25) is 0 Å². The first-order chi connectivity index (χ1) is 8.74. The molecule has 102 valence electrons. The largest absolute Gasteiger partial charge is 0.508 e. The topological polar surface area (TPSA) is 20.2 Å². The first kappa shape index (κ1) is 15.1. The number of aryl methyl sites for hydroxylation is 2. The lowest BCUT2D eigenvalue weighted by atomic mass is 10.0. The normalized spacial score (nSPS) is 10.8. The van der Waals surface area contributed by atoms with Crippen LogP contribution < -0.4 is 0 Å². The molecule has 0 saturated carbocycles. The van der Waals surface area contributed by atoms with Gasteiger partial charge in [0.2, 0.25) is 0 Å². The summed E-state index contributed by atoms with van der Waals surface area (Å²) in [6.07, 6.45) is 12.1. The second-order valence-electron chi connectivity index (χ2n) is 5.35. The Bertz CT molecular complexity index is 330. The predicted molar refractivity (Wildman–Crippen MR) is 79.2 cm³/mol. The second kappa shape index (κ2) is 9.02. The van der Waals surface area contributed by atoms with Crippen LogP contribution in [0.3, 0.4) is 0 Å². The summed E-state index contributed by atoms with van der Waals surface area (Å²) in [4.78, 5) is 0. The summed E-state index contributed by atoms with van der Waals surface area (Å²) in [6, 6.07) is 5.97. The molecule has 0 aromatic heterocycles. The zero-order valence-electron chi connectivity index (χ0n) is 12.0. The van der Waals surface area contributed by atoms with Gasteiger partial charge in [0, 0.05) is 0 Å². The van der Waals surface area contributed by atoms with E-state index < -0.39 is 0 Å². The molecule has 0 aliphatic carbocycles. The molecular weight excluding hydrogens is 220 g/mol. The Labute approximate surface area is 112 Å². The van der Waals surface area contributed by atoms with Crippen LogP contribution in [-0.2, 0) is 6.42 Å². The number of phenols is 1. The van der Waals surface area contributed by atoms with Gasteiger partial charge in [-0.05, 0) is 37.0 Å². The van der Waals surface area contributed by atoms with Crippen LogP contribution in [0.15, 0.2) is 18.2 Å². The number of hydrogen-bond donors (Lipinski definition) is 1. The molecule has 1 N–H and O–H groups in total. The highest BCUT2D eigenvalue weighted by molar-refractivity contribution is 5.34. The van der Waals surface area contributed by atoms with Crippen molar-refractivity contribution in [3.63, 3.8) is 0 Å². The van der Waals surface area contributed by atoms with Gasteiger partial charge in [-0.3, -0.25) is 0 Å².